The van der Waals surface area contributed by atoms with Crippen LogP contribution in [-0.2, 0) is 13.3 Å². The molecule has 0 fully saturated rings. The number of hydrogen-bond acceptors (Lipinski definition) is 4. The molecule has 0 saturated carbocycles. The first-order chi connectivity index (χ1) is 11.1. The van der Waals surface area contributed by atoms with Crippen molar-refractivity contribution < 1.29 is 18.1 Å². The van der Waals surface area contributed by atoms with Crippen molar-refractivity contribution in [3.63, 3.8) is 0 Å². The van der Waals surface area contributed by atoms with Gasteiger partial charge in [0.15, 0.2) is 0 Å². The van der Waals surface area contributed by atoms with Crippen LogP contribution in [0.2, 0.25) is 6.04 Å². The molecule has 0 saturated heterocycles. The molecule has 0 aromatic heterocycles. The lowest BCUT2D eigenvalue weighted by atomic mass is 10.4. The maximum Gasteiger partial charge on any atom is 0.500 e. The molecule has 0 aliphatic rings. The molecule has 0 bridgehead atoms. The molecular formula is C16H32N2O4Si. The zero-order valence-electron chi connectivity index (χ0n) is 14.8. The number of amides is 2. The van der Waals surface area contributed by atoms with Crippen LogP contribution < -0.4 is 5.32 Å². The zero-order chi connectivity index (χ0) is 17.6. The predicted octanol–water partition coefficient (Wildman–Crippen LogP) is 2.81. The van der Waals surface area contributed by atoms with Crippen LogP contribution in [-0.4, -0.2) is 59.2 Å². The fraction of sp³-hybridized carbons (Fsp3) is 0.688. The normalized spacial score (nSPS) is 11.1. The fourth-order valence-corrected chi connectivity index (χ4v) is 4.78. The first kappa shape index (κ1) is 21.8. The monoisotopic (exact) mass is 344 g/mol. The molecule has 0 radical (unpaired) electrons. The van der Waals surface area contributed by atoms with E-state index in [2.05, 4.69) is 18.5 Å². The van der Waals surface area contributed by atoms with Crippen LogP contribution in [0.5, 0.6) is 0 Å². The lowest BCUT2D eigenvalue weighted by Gasteiger charge is -2.28. The number of nitrogens with zero attached hydrogens (tertiary/aromatic N) is 1. The van der Waals surface area contributed by atoms with Crippen LogP contribution in [0.25, 0.3) is 0 Å². The molecular weight excluding hydrogens is 312 g/mol. The second kappa shape index (κ2) is 13.3. The number of hydrogen-bond donors (Lipinski definition) is 1. The first-order valence-electron chi connectivity index (χ1n) is 8.25. The quantitative estimate of drug-likeness (QED) is 0.299. The number of carbonyl (C=O) groups is 1. The van der Waals surface area contributed by atoms with Gasteiger partial charge in [-0.05, 0) is 27.2 Å². The molecule has 0 aliphatic carbocycles. The molecule has 6 nitrogen and oxygen atoms in total. The van der Waals surface area contributed by atoms with E-state index >= 15 is 0 Å². The van der Waals surface area contributed by atoms with Gasteiger partial charge in [0.1, 0.15) is 0 Å². The van der Waals surface area contributed by atoms with Gasteiger partial charge in [-0.15, -0.1) is 13.2 Å². The largest absolute Gasteiger partial charge is 0.500 e. The Bertz CT molecular complexity index is 326. The van der Waals surface area contributed by atoms with Gasteiger partial charge in [0.05, 0.1) is 0 Å². The van der Waals surface area contributed by atoms with Gasteiger partial charge in [0.25, 0.3) is 0 Å². The van der Waals surface area contributed by atoms with Crippen molar-refractivity contribution in [1.29, 1.82) is 0 Å². The van der Waals surface area contributed by atoms with E-state index < -0.39 is 8.80 Å². The summed E-state index contributed by atoms with van der Waals surface area (Å²) < 4.78 is 17.4. The molecule has 0 spiro atoms. The summed E-state index contributed by atoms with van der Waals surface area (Å²) in [4.78, 5) is 13.7. The van der Waals surface area contributed by atoms with Crippen LogP contribution in [0.1, 0.15) is 27.2 Å². The summed E-state index contributed by atoms with van der Waals surface area (Å²) in [6.07, 6.45) is 4.13. The summed E-state index contributed by atoms with van der Waals surface area (Å²) in [5.41, 5.74) is 0. The second-order valence-electron chi connectivity index (χ2n) is 4.80. The highest BCUT2D eigenvalue weighted by atomic mass is 28.4. The highest BCUT2D eigenvalue weighted by Crippen LogP contribution is 2.17. The van der Waals surface area contributed by atoms with Gasteiger partial charge in [-0.2, -0.15) is 0 Å². The van der Waals surface area contributed by atoms with Crippen molar-refractivity contribution in [2.24, 2.45) is 0 Å². The molecule has 0 unspecified atom stereocenters. The zero-order valence-corrected chi connectivity index (χ0v) is 15.8. The minimum atomic E-state index is -2.62. The number of urea groups is 1. The Morgan fingerprint density at radius 2 is 1.52 bits per heavy atom. The molecule has 2 amide bonds. The SMILES string of the molecule is C=CCN(CC=C)C(=O)NCCC[Si](OCC)(OCC)OCC. The fourth-order valence-electron chi connectivity index (χ4n) is 2.17. The van der Waals surface area contributed by atoms with Gasteiger partial charge in [0.2, 0.25) is 0 Å². The van der Waals surface area contributed by atoms with E-state index in [1.165, 1.54) is 0 Å². The van der Waals surface area contributed by atoms with Crippen LogP contribution in [0.3, 0.4) is 0 Å². The van der Waals surface area contributed by atoms with E-state index in [1.54, 1.807) is 17.1 Å². The van der Waals surface area contributed by atoms with Crippen molar-refractivity contribution in [2.45, 2.75) is 33.2 Å². The third-order valence-corrected chi connectivity index (χ3v) is 6.17. The Kier molecular flexibility index (Phi) is 12.6. The minimum Gasteiger partial charge on any atom is -0.374 e. The van der Waals surface area contributed by atoms with Gasteiger partial charge in [-0.1, -0.05) is 12.2 Å². The molecule has 0 rings (SSSR count). The summed E-state index contributed by atoms with van der Waals surface area (Å²) in [5, 5.41) is 2.90. The molecule has 0 atom stereocenters. The standard InChI is InChI=1S/C16H32N2O4Si/c1-6-13-18(14-7-2)16(19)17-12-11-15-23(20-8-3,21-9-4)22-10-5/h6-7H,1-2,8-15H2,3-5H3,(H,17,19). The third kappa shape index (κ3) is 8.90. The molecule has 0 aliphatic heterocycles. The number of nitrogens with one attached hydrogen (secondary N) is 1. The highest BCUT2D eigenvalue weighted by Gasteiger charge is 2.39. The van der Waals surface area contributed by atoms with Crippen LogP contribution in [0.4, 0.5) is 4.79 Å². The summed E-state index contributed by atoms with van der Waals surface area (Å²) >= 11 is 0. The molecule has 23 heavy (non-hydrogen) atoms. The van der Waals surface area contributed by atoms with E-state index in [4.69, 9.17) is 13.3 Å². The predicted molar refractivity (Wildman–Crippen MR) is 95.4 cm³/mol. The Balaban J connectivity index is 4.38. The van der Waals surface area contributed by atoms with Crippen LogP contribution in [0, 0.1) is 0 Å². The van der Waals surface area contributed by atoms with E-state index in [-0.39, 0.29) is 6.03 Å². The van der Waals surface area contributed by atoms with Gasteiger partial charge in [-0.25, -0.2) is 4.79 Å². The summed E-state index contributed by atoms with van der Waals surface area (Å²) in [7, 11) is -2.62. The average molecular weight is 345 g/mol. The minimum absolute atomic E-state index is 0.124. The first-order valence-corrected chi connectivity index (χ1v) is 10.2. The third-order valence-electron chi connectivity index (χ3n) is 3.01. The van der Waals surface area contributed by atoms with Crippen molar-refractivity contribution >= 4 is 14.8 Å². The van der Waals surface area contributed by atoms with Gasteiger partial charge >= 0.3 is 14.8 Å². The van der Waals surface area contributed by atoms with Gasteiger partial charge < -0.3 is 23.5 Å². The van der Waals surface area contributed by atoms with E-state index in [9.17, 15) is 4.79 Å². The van der Waals surface area contributed by atoms with Gasteiger partial charge in [-0.3, -0.25) is 0 Å². The van der Waals surface area contributed by atoms with Crippen molar-refractivity contribution in [2.75, 3.05) is 39.5 Å². The highest BCUT2D eigenvalue weighted by molar-refractivity contribution is 6.60. The topological polar surface area (TPSA) is 60.0 Å². The molecule has 0 aromatic carbocycles. The Labute approximate surface area is 141 Å². The lowest BCUT2D eigenvalue weighted by Crippen LogP contribution is -2.47. The maximum absolute atomic E-state index is 12.1. The molecule has 7 heteroatoms. The Hall–Kier alpha value is -1.15. The number of carbonyl (C=O) groups excluding carboxylic acids is 1. The summed E-state index contributed by atoms with van der Waals surface area (Å²) in [6, 6.07) is 0.562. The summed E-state index contributed by atoms with van der Waals surface area (Å²) in [6.45, 7) is 16.3. The van der Waals surface area contributed by atoms with Crippen molar-refractivity contribution in [1.82, 2.24) is 10.2 Å². The average Bonchev–Trinajstić information content (AvgIpc) is 2.52. The van der Waals surface area contributed by atoms with E-state index in [0.717, 1.165) is 6.42 Å². The Morgan fingerprint density at radius 1 is 1.04 bits per heavy atom. The smallest absolute Gasteiger partial charge is 0.374 e. The summed E-state index contributed by atoms with van der Waals surface area (Å²) in [5.74, 6) is 0. The molecule has 0 aromatic rings. The maximum atomic E-state index is 12.1. The number of rotatable bonds is 14. The van der Waals surface area contributed by atoms with Crippen LogP contribution >= 0.6 is 0 Å². The van der Waals surface area contributed by atoms with Gasteiger partial charge in [0, 0.05) is 45.5 Å². The second-order valence-corrected chi connectivity index (χ2v) is 7.53. The Morgan fingerprint density at radius 3 is 1.91 bits per heavy atom. The molecule has 0 heterocycles. The van der Waals surface area contributed by atoms with E-state index in [1.807, 2.05) is 20.8 Å². The lowest BCUT2D eigenvalue weighted by molar-refractivity contribution is 0.0708. The van der Waals surface area contributed by atoms with Crippen molar-refractivity contribution in [3.8, 4) is 0 Å². The van der Waals surface area contributed by atoms with Crippen LogP contribution in [0.15, 0.2) is 25.3 Å². The van der Waals surface area contributed by atoms with E-state index in [0.29, 0.717) is 45.5 Å². The van der Waals surface area contributed by atoms with Crippen molar-refractivity contribution in [3.05, 3.63) is 25.3 Å². The molecule has 1 N–H and O–H groups in total. The molecule has 134 valence electrons.